The number of carbonyl (C=O) groups is 1. The highest BCUT2D eigenvalue weighted by Gasteiger charge is 2.14. The van der Waals surface area contributed by atoms with Crippen LogP contribution in [-0.2, 0) is 0 Å². The predicted octanol–water partition coefficient (Wildman–Crippen LogP) is 3.76. The zero-order chi connectivity index (χ0) is 16.2. The van der Waals surface area contributed by atoms with Gasteiger partial charge in [-0.3, -0.25) is 10.1 Å². The fourth-order valence-electron chi connectivity index (χ4n) is 1.98. The Balaban J connectivity index is 1.71. The fraction of sp³-hybridized carbons (Fsp3) is 0.188. The monoisotopic (exact) mass is 329 g/mol. The number of aromatic nitrogens is 2. The van der Waals surface area contributed by atoms with E-state index in [0.29, 0.717) is 17.4 Å². The Morgan fingerprint density at radius 3 is 2.78 bits per heavy atom. The van der Waals surface area contributed by atoms with E-state index in [9.17, 15) is 4.79 Å². The van der Waals surface area contributed by atoms with Crippen molar-refractivity contribution < 1.29 is 14.1 Å². The molecule has 2 aromatic heterocycles. The zero-order valence-electron chi connectivity index (χ0n) is 12.7. The molecular formula is C16H15N3O3S. The normalized spacial score (nSPS) is 10.5. The molecule has 1 aromatic carbocycles. The van der Waals surface area contributed by atoms with Gasteiger partial charge < -0.3 is 9.26 Å². The number of rotatable bonds is 5. The minimum absolute atomic E-state index is 0.167. The number of benzene rings is 1. The molecule has 0 fully saturated rings. The van der Waals surface area contributed by atoms with Gasteiger partial charge in [-0.05, 0) is 38.1 Å². The minimum atomic E-state index is -0.363. The Morgan fingerprint density at radius 1 is 1.35 bits per heavy atom. The van der Waals surface area contributed by atoms with E-state index in [-0.39, 0.29) is 11.7 Å². The van der Waals surface area contributed by atoms with Crippen LogP contribution in [0.5, 0.6) is 5.75 Å². The number of hydrogen-bond acceptors (Lipinski definition) is 6. The SMILES string of the molecule is CCOc1ccc(-c2csc(NC(=O)c3cc(C)no3)n2)cc1. The molecule has 118 valence electrons. The van der Waals surface area contributed by atoms with E-state index in [1.807, 2.05) is 36.6 Å². The molecule has 0 aliphatic carbocycles. The number of thiazole rings is 1. The van der Waals surface area contributed by atoms with Crippen LogP contribution in [-0.4, -0.2) is 22.7 Å². The molecule has 3 aromatic rings. The third-order valence-electron chi connectivity index (χ3n) is 3.04. The molecule has 0 unspecified atom stereocenters. The molecule has 0 aliphatic rings. The number of anilines is 1. The van der Waals surface area contributed by atoms with Crippen LogP contribution < -0.4 is 10.1 Å². The van der Waals surface area contributed by atoms with Gasteiger partial charge in [0.2, 0.25) is 5.76 Å². The van der Waals surface area contributed by atoms with Crippen LogP contribution in [0.3, 0.4) is 0 Å². The van der Waals surface area contributed by atoms with Crippen LogP contribution in [0.25, 0.3) is 11.3 Å². The lowest BCUT2D eigenvalue weighted by Crippen LogP contribution is -2.10. The Labute approximate surface area is 137 Å². The van der Waals surface area contributed by atoms with Gasteiger partial charge in [0, 0.05) is 17.0 Å². The smallest absolute Gasteiger partial charge is 0.296 e. The van der Waals surface area contributed by atoms with E-state index < -0.39 is 0 Å². The van der Waals surface area contributed by atoms with Crippen LogP contribution in [0.15, 0.2) is 40.2 Å². The first-order valence-electron chi connectivity index (χ1n) is 7.09. The van der Waals surface area contributed by atoms with Gasteiger partial charge in [0.1, 0.15) is 5.75 Å². The lowest BCUT2D eigenvalue weighted by atomic mass is 10.2. The van der Waals surface area contributed by atoms with Gasteiger partial charge in [-0.2, -0.15) is 0 Å². The van der Waals surface area contributed by atoms with Gasteiger partial charge in [0.25, 0.3) is 5.91 Å². The van der Waals surface area contributed by atoms with Crippen molar-refractivity contribution in [1.82, 2.24) is 10.1 Å². The number of amides is 1. The van der Waals surface area contributed by atoms with E-state index in [4.69, 9.17) is 9.26 Å². The van der Waals surface area contributed by atoms with E-state index in [2.05, 4.69) is 15.5 Å². The van der Waals surface area contributed by atoms with Crippen molar-refractivity contribution in [3.05, 3.63) is 47.2 Å². The number of nitrogens with one attached hydrogen (secondary N) is 1. The Bertz CT molecular complexity index is 808. The summed E-state index contributed by atoms with van der Waals surface area (Å²) in [4.78, 5) is 16.4. The molecule has 1 N–H and O–H groups in total. The third-order valence-corrected chi connectivity index (χ3v) is 3.80. The lowest BCUT2D eigenvalue weighted by molar-refractivity contribution is 0.0988. The molecule has 0 bridgehead atoms. The van der Waals surface area contributed by atoms with E-state index in [1.165, 1.54) is 11.3 Å². The summed E-state index contributed by atoms with van der Waals surface area (Å²) in [5.74, 6) is 0.624. The van der Waals surface area contributed by atoms with E-state index >= 15 is 0 Å². The summed E-state index contributed by atoms with van der Waals surface area (Å²) in [5, 5.41) is 8.79. The van der Waals surface area contributed by atoms with Crippen molar-refractivity contribution in [1.29, 1.82) is 0 Å². The van der Waals surface area contributed by atoms with Crippen molar-refractivity contribution >= 4 is 22.4 Å². The van der Waals surface area contributed by atoms with Crippen molar-refractivity contribution in [2.24, 2.45) is 0 Å². The number of nitrogens with zero attached hydrogens (tertiary/aromatic N) is 2. The Hall–Kier alpha value is -2.67. The molecule has 0 saturated carbocycles. The maximum Gasteiger partial charge on any atom is 0.296 e. The molecule has 2 heterocycles. The summed E-state index contributed by atoms with van der Waals surface area (Å²) < 4.78 is 10.3. The topological polar surface area (TPSA) is 77.2 Å². The summed E-state index contributed by atoms with van der Waals surface area (Å²) in [6, 6.07) is 9.24. The van der Waals surface area contributed by atoms with Gasteiger partial charge in [-0.1, -0.05) is 5.16 Å². The third kappa shape index (κ3) is 3.57. The molecule has 23 heavy (non-hydrogen) atoms. The average molecular weight is 329 g/mol. The Morgan fingerprint density at radius 2 is 2.13 bits per heavy atom. The Kier molecular flexibility index (Phi) is 4.38. The molecule has 3 rings (SSSR count). The second-order valence-corrected chi connectivity index (χ2v) is 5.64. The minimum Gasteiger partial charge on any atom is -0.494 e. The molecular weight excluding hydrogens is 314 g/mol. The highest BCUT2D eigenvalue weighted by Crippen LogP contribution is 2.26. The molecule has 0 aliphatic heterocycles. The van der Waals surface area contributed by atoms with Gasteiger partial charge in [-0.25, -0.2) is 4.98 Å². The van der Waals surface area contributed by atoms with E-state index in [1.54, 1.807) is 13.0 Å². The van der Waals surface area contributed by atoms with Gasteiger partial charge in [0.15, 0.2) is 5.13 Å². The fourth-order valence-corrected chi connectivity index (χ4v) is 2.70. The molecule has 0 spiro atoms. The van der Waals surface area contributed by atoms with Gasteiger partial charge in [0.05, 0.1) is 18.0 Å². The summed E-state index contributed by atoms with van der Waals surface area (Å²) in [5.41, 5.74) is 2.41. The highest BCUT2D eigenvalue weighted by molar-refractivity contribution is 7.14. The summed E-state index contributed by atoms with van der Waals surface area (Å²) in [6.45, 7) is 4.33. The quantitative estimate of drug-likeness (QED) is 0.771. The highest BCUT2D eigenvalue weighted by atomic mass is 32.1. The second kappa shape index (κ2) is 6.62. The van der Waals surface area contributed by atoms with Crippen LogP contribution in [0.2, 0.25) is 0 Å². The lowest BCUT2D eigenvalue weighted by Gasteiger charge is -2.03. The van der Waals surface area contributed by atoms with Crippen LogP contribution in [0.1, 0.15) is 23.2 Å². The molecule has 6 nitrogen and oxygen atoms in total. The summed E-state index contributed by atoms with van der Waals surface area (Å²) >= 11 is 1.35. The van der Waals surface area contributed by atoms with E-state index in [0.717, 1.165) is 17.0 Å². The number of carbonyl (C=O) groups excluding carboxylic acids is 1. The number of aryl methyl sites for hydroxylation is 1. The summed E-state index contributed by atoms with van der Waals surface area (Å²) in [6.07, 6.45) is 0. The van der Waals surface area contributed by atoms with Gasteiger partial charge >= 0.3 is 0 Å². The first-order valence-corrected chi connectivity index (χ1v) is 7.97. The van der Waals surface area contributed by atoms with Crippen LogP contribution >= 0.6 is 11.3 Å². The number of hydrogen-bond donors (Lipinski definition) is 1. The zero-order valence-corrected chi connectivity index (χ0v) is 13.5. The molecule has 0 radical (unpaired) electrons. The van der Waals surface area contributed by atoms with Crippen LogP contribution in [0, 0.1) is 6.92 Å². The van der Waals surface area contributed by atoms with Crippen molar-refractivity contribution in [3.63, 3.8) is 0 Å². The number of ether oxygens (including phenoxy) is 1. The average Bonchev–Trinajstić information content (AvgIpc) is 3.18. The molecule has 0 saturated heterocycles. The largest absolute Gasteiger partial charge is 0.494 e. The maximum atomic E-state index is 12.0. The van der Waals surface area contributed by atoms with Crippen LogP contribution in [0.4, 0.5) is 5.13 Å². The summed E-state index contributed by atoms with van der Waals surface area (Å²) in [7, 11) is 0. The molecule has 0 atom stereocenters. The maximum absolute atomic E-state index is 12.0. The molecule has 1 amide bonds. The second-order valence-electron chi connectivity index (χ2n) is 4.78. The standard InChI is InChI=1S/C16H15N3O3S/c1-3-21-12-6-4-11(5-7-12)13-9-23-16(17-13)18-15(20)14-8-10(2)19-22-14/h4-9H,3H2,1-2H3,(H,17,18,20). The van der Waals surface area contributed by atoms with Crippen molar-refractivity contribution in [3.8, 4) is 17.0 Å². The van der Waals surface area contributed by atoms with Gasteiger partial charge in [-0.15, -0.1) is 11.3 Å². The van der Waals surface area contributed by atoms with Crippen molar-refractivity contribution in [2.45, 2.75) is 13.8 Å². The van der Waals surface area contributed by atoms with Crippen molar-refractivity contribution in [2.75, 3.05) is 11.9 Å². The predicted molar refractivity (Wildman–Crippen MR) is 87.9 cm³/mol. The first-order chi connectivity index (χ1) is 11.2. The first kappa shape index (κ1) is 15.2. The molecule has 7 heteroatoms.